The fourth-order valence-electron chi connectivity index (χ4n) is 2.44. The summed E-state index contributed by atoms with van der Waals surface area (Å²) in [6.45, 7) is 3.57. The monoisotopic (exact) mass is 290 g/mol. The van der Waals surface area contributed by atoms with E-state index in [-0.39, 0.29) is 11.8 Å². The first-order valence-electron chi connectivity index (χ1n) is 5.67. The molecule has 16 heavy (non-hydrogen) atoms. The second kappa shape index (κ2) is 4.86. The zero-order valence-electron chi connectivity index (χ0n) is 10.1. The van der Waals surface area contributed by atoms with Gasteiger partial charge in [-0.3, -0.25) is 9.59 Å². The standard InChI is InChI=1S/C12H19BrO3/c1-11(2,13)9(14)12(10(15)16-3)7-5-4-6-8-12/h4-8H2,1-3H3. The van der Waals surface area contributed by atoms with Crippen molar-refractivity contribution in [2.24, 2.45) is 5.41 Å². The molecule has 0 unspecified atom stereocenters. The van der Waals surface area contributed by atoms with E-state index in [1.165, 1.54) is 7.11 Å². The van der Waals surface area contributed by atoms with Gasteiger partial charge < -0.3 is 4.74 Å². The third-order valence-corrected chi connectivity index (χ3v) is 3.62. The van der Waals surface area contributed by atoms with E-state index in [9.17, 15) is 9.59 Å². The van der Waals surface area contributed by atoms with Crippen LogP contribution in [0.25, 0.3) is 0 Å². The average molecular weight is 291 g/mol. The van der Waals surface area contributed by atoms with Crippen LogP contribution in [0.15, 0.2) is 0 Å². The number of esters is 1. The quantitative estimate of drug-likeness (QED) is 0.456. The highest BCUT2D eigenvalue weighted by Crippen LogP contribution is 2.42. The number of rotatable bonds is 3. The Hall–Kier alpha value is -0.380. The first kappa shape index (κ1) is 13.7. The SMILES string of the molecule is COC(=O)C1(C(=O)C(C)(C)Br)CCCCC1. The van der Waals surface area contributed by atoms with Crippen molar-refractivity contribution in [3.05, 3.63) is 0 Å². The summed E-state index contributed by atoms with van der Waals surface area (Å²) < 4.78 is 4.16. The van der Waals surface area contributed by atoms with Gasteiger partial charge in [0.15, 0.2) is 5.78 Å². The lowest BCUT2D eigenvalue weighted by Gasteiger charge is -2.36. The second-order valence-electron chi connectivity index (χ2n) is 4.94. The molecular formula is C12H19BrO3. The van der Waals surface area contributed by atoms with Gasteiger partial charge in [-0.15, -0.1) is 0 Å². The van der Waals surface area contributed by atoms with Crippen LogP contribution in [0, 0.1) is 5.41 Å². The summed E-state index contributed by atoms with van der Waals surface area (Å²) in [5.74, 6) is -0.420. The molecule has 1 aliphatic carbocycles. The first-order chi connectivity index (χ1) is 7.34. The van der Waals surface area contributed by atoms with E-state index in [0.717, 1.165) is 19.3 Å². The van der Waals surface area contributed by atoms with Crippen LogP contribution < -0.4 is 0 Å². The van der Waals surface area contributed by atoms with Gasteiger partial charge in [0.25, 0.3) is 0 Å². The summed E-state index contributed by atoms with van der Waals surface area (Å²) in [6, 6.07) is 0. The van der Waals surface area contributed by atoms with Crippen molar-refractivity contribution in [2.75, 3.05) is 7.11 Å². The molecule has 0 heterocycles. The highest BCUT2D eigenvalue weighted by Gasteiger charge is 2.51. The first-order valence-corrected chi connectivity index (χ1v) is 6.46. The Kier molecular flexibility index (Phi) is 4.16. The van der Waals surface area contributed by atoms with Crippen LogP contribution in [0.2, 0.25) is 0 Å². The summed E-state index contributed by atoms with van der Waals surface area (Å²) in [7, 11) is 1.35. The maximum absolute atomic E-state index is 12.4. The van der Waals surface area contributed by atoms with E-state index >= 15 is 0 Å². The molecule has 1 rings (SSSR count). The molecule has 1 saturated carbocycles. The van der Waals surface area contributed by atoms with E-state index in [0.29, 0.717) is 12.8 Å². The largest absolute Gasteiger partial charge is 0.468 e. The van der Waals surface area contributed by atoms with Gasteiger partial charge in [0.1, 0.15) is 5.41 Å². The van der Waals surface area contributed by atoms with Crippen molar-refractivity contribution < 1.29 is 14.3 Å². The lowest BCUT2D eigenvalue weighted by molar-refractivity contribution is -0.161. The van der Waals surface area contributed by atoms with E-state index < -0.39 is 9.74 Å². The Morgan fingerprint density at radius 1 is 1.19 bits per heavy atom. The molecule has 0 aromatic heterocycles. The molecule has 0 amide bonds. The van der Waals surface area contributed by atoms with Crippen LogP contribution in [-0.4, -0.2) is 23.2 Å². The van der Waals surface area contributed by atoms with Crippen LogP contribution >= 0.6 is 15.9 Å². The maximum atomic E-state index is 12.4. The van der Waals surface area contributed by atoms with Crippen LogP contribution in [-0.2, 0) is 14.3 Å². The third kappa shape index (κ3) is 2.47. The number of alkyl halides is 1. The number of ether oxygens (including phenoxy) is 1. The van der Waals surface area contributed by atoms with Crippen molar-refractivity contribution in [3.63, 3.8) is 0 Å². The molecule has 0 spiro atoms. The molecule has 0 aromatic rings. The minimum atomic E-state index is -0.917. The number of carbonyl (C=O) groups is 2. The van der Waals surface area contributed by atoms with E-state index in [1.54, 1.807) is 13.8 Å². The highest BCUT2D eigenvalue weighted by molar-refractivity contribution is 9.10. The van der Waals surface area contributed by atoms with Crippen molar-refractivity contribution in [3.8, 4) is 0 Å². The molecule has 0 saturated heterocycles. The summed E-state index contributed by atoms with van der Waals surface area (Å²) >= 11 is 3.35. The molecule has 3 nitrogen and oxygen atoms in total. The zero-order valence-corrected chi connectivity index (χ0v) is 11.7. The number of Topliss-reactive ketones (excluding diaryl/α,β-unsaturated/α-hetero) is 1. The second-order valence-corrected chi connectivity index (χ2v) is 6.92. The lowest BCUT2D eigenvalue weighted by Crippen LogP contribution is -2.48. The Labute approximate surface area is 105 Å². The van der Waals surface area contributed by atoms with E-state index in [4.69, 9.17) is 4.74 Å². The molecule has 92 valence electrons. The molecule has 0 atom stereocenters. The number of carbonyl (C=O) groups excluding carboxylic acids is 2. The van der Waals surface area contributed by atoms with Crippen LogP contribution in [0.3, 0.4) is 0 Å². The fraction of sp³-hybridized carbons (Fsp3) is 0.833. The Bertz CT molecular complexity index is 285. The predicted octanol–water partition coefficient (Wildman–Crippen LogP) is 2.85. The highest BCUT2D eigenvalue weighted by atomic mass is 79.9. The molecule has 0 aliphatic heterocycles. The van der Waals surface area contributed by atoms with Crippen LogP contribution in [0.1, 0.15) is 46.0 Å². The van der Waals surface area contributed by atoms with Gasteiger partial charge >= 0.3 is 5.97 Å². The number of methoxy groups -OCH3 is 1. The minimum absolute atomic E-state index is 0.0495. The molecule has 0 aromatic carbocycles. The summed E-state index contributed by atoms with van der Waals surface area (Å²) in [5, 5.41) is 0. The van der Waals surface area contributed by atoms with Gasteiger partial charge in [0, 0.05) is 0 Å². The maximum Gasteiger partial charge on any atom is 0.319 e. The van der Waals surface area contributed by atoms with Crippen molar-refractivity contribution in [1.82, 2.24) is 0 Å². The number of hydrogen-bond donors (Lipinski definition) is 0. The van der Waals surface area contributed by atoms with Gasteiger partial charge in [0.05, 0.1) is 11.4 Å². The van der Waals surface area contributed by atoms with Crippen LogP contribution in [0.4, 0.5) is 0 Å². The van der Waals surface area contributed by atoms with Gasteiger partial charge in [-0.1, -0.05) is 35.2 Å². The smallest absolute Gasteiger partial charge is 0.319 e. The summed E-state index contributed by atoms with van der Waals surface area (Å²) in [6.07, 6.45) is 4.17. The molecule has 0 N–H and O–H groups in total. The van der Waals surface area contributed by atoms with E-state index in [1.807, 2.05) is 0 Å². The Morgan fingerprint density at radius 2 is 1.69 bits per heavy atom. The average Bonchev–Trinajstić information content (AvgIpc) is 2.26. The number of halogens is 1. The number of ketones is 1. The zero-order chi connectivity index (χ0) is 12.4. The third-order valence-electron chi connectivity index (χ3n) is 3.26. The normalized spacial score (nSPS) is 20.2. The molecule has 4 heteroatoms. The van der Waals surface area contributed by atoms with Crippen molar-refractivity contribution in [2.45, 2.75) is 50.3 Å². The molecule has 1 fully saturated rings. The number of hydrogen-bond acceptors (Lipinski definition) is 3. The Morgan fingerprint density at radius 3 is 2.06 bits per heavy atom. The Balaban J connectivity index is 3.04. The predicted molar refractivity (Wildman–Crippen MR) is 65.5 cm³/mol. The molecule has 0 bridgehead atoms. The van der Waals surface area contributed by atoms with Crippen molar-refractivity contribution in [1.29, 1.82) is 0 Å². The van der Waals surface area contributed by atoms with E-state index in [2.05, 4.69) is 15.9 Å². The van der Waals surface area contributed by atoms with Gasteiger partial charge in [0.2, 0.25) is 0 Å². The molecular weight excluding hydrogens is 272 g/mol. The van der Waals surface area contributed by atoms with Crippen molar-refractivity contribution >= 4 is 27.7 Å². The fourth-order valence-corrected chi connectivity index (χ4v) is 2.82. The molecule has 0 radical (unpaired) electrons. The van der Waals surface area contributed by atoms with Crippen LogP contribution in [0.5, 0.6) is 0 Å². The van der Waals surface area contributed by atoms with Gasteiger partial charge in [-0.25, -0.2) is 0 Å². The summed E-state index contributed by atoms with van der Waals surface area (Å²) in [5.41, 5.74) is -0.917. The van der Waals surface area contributed by atoms with Gasteiger partial charge in [-0.2, -0.15) is 0 Å². The molecule has 1 aliphatic rings. The lowest BCUT2D eigenvalue weighted by atomic mass is 9.68. The topological polar surface area (TPSA) is 43.4 Å². The summed E-state index contributed by atoms with van der Waals surface area (Å²) in [4.78, 5) is 24.3. The van der Waals surface area contributed by atoms with Gasteiger partial charge in [-0.05, 0) is 26.7 Å². The minimum Gasteiger partial charge on any atom is -0.468 e.